The molecule has 0 saturated heterocycles. The van der Waals surface area contributed by atoms with Crippen LogP contribution in [0, 0.1) is 0 Å². The Morgan fingerprint density at radius 1 is 1.28 bits per heavy atom. The van der Waals surface area contributed by atoms with Gasteiger partial charge in [0.1, 0.15) is 11.6 Å². The number of rotatable bonds is 5. The molecule has 1 N–H and O–H groups in total. The van der Waals surface area contributed by atoms with Gasteiger partial charge >= 0.3 is 6.09 Å². The van der Waals surface area contributed by atoms with Crippen LogP contribution in [-0.2, 0) is 14.4 Å². The molecule has 1 heterocycles. The van der Waals surface area contributed by atoms with Crippen LogP contribution in [-0.4, -0.2) is 42.9 Å². The van der Waals surface area contributed by atoms with E-state index in [0.29, 0.717) is 0 Å². The van der Waals surface area contributed by atoms with Crippen molar-refractivity contribution < 1.29 is 19.2 Å². The quantitative estimate of drug-likeness (QED) is 0.831. The molecule has 1 unspecified atom stereocenters. The molecule has 1 aromatic rings. The van der Waals surface area contributed by atoms with Gasteiger partial charge in [0.2, 0.25) is 0 Å². The molecule has 7 heteroatoms. The normalized spacial score (nSPS) is 14.0. The van der Waals surface area contributed by atoms with Crippen LogP contribution in [0.4, 0.5) is 10.5 Å². The van der Waals surface area contributed by atoms with Crippen LogP contribution in [0.15, 0.2) is 30.5 Å². The number of hydroxylamine groups is 2. The molecule has 1 aliphatic heterocycles. The molecule has 2 rings (SSSR count). The summed E-state index contributed by atoms with van der Waals surface area (Å²) in [7, 11) is 2.88. The standard InChI is InChI=1S/C18H24N3O4/c1-18(2,3)25-17(23)20-15(16(22)21(4)24-5)10-12-11-19-14-9-7-6-8-13(12)14/h6-9,11,15H,10H2,1-5H3,(H,20,23). The summed E-state index contributed by atoms with van der Waals surface area (Å²) < 4.78 is 5.26. The van der Waals surface area contributed by atoms with Crippen molar-refractivity contribution in [3.8, 4) is 0 Å². The van der Waals surface area contributed by atoms with Crippen LogP contribution in [0.25, 0.3) is 5.57 Å². The molecule has 1 radical (unpaired) electrons. The predicted molar refractivity (Wildman–Crippen MR) is 93.8 cm³/mol. The van der Waals surface area contributed by atoms with Gasteiger partial charge in [0.15, 0.2) is 0 Å². The van der Waals surface area contributed by atoms with Crippen molar-refractivity contribution >= 4 is 23.3 Å². The number of benzene rings is 1. The van der Waals surface area contributed by atoms with Crippen LogP contribution in [0.2, 0.25) is 0 Å². The maximum atomic E-state index is 12.5. The number of ether oxygens (including phenoxy) is 1. The van der Waals surface area contributed by atoms with Gasteiger partial charge in [-0.15, -0.1) is 0 Å². The van der Waals surface area contributed by atoms with Crippen molar-refractivity contribution in [1.29, 1.82) is 0 Å². The third-order valence-electron chi connectivity index (χ3n) is 3.61. The number of carbonyl (C=O) groups excluding carboxylic acids is 2. The molecule has 1 atom stereocenters. The summed E-state index contributed by atoms with van der Waals surface area (Å²) in [5.74, 6) is -0.376. The minimum Gasteiger partial charge on any atom is -0.444 e. The number of fused-ring (bicyclic) bond motifs is 1. The third-order valence-corrected chi connectivity index (χ3v) is 3.61. The molecule has 2 amide bonds. The molecule has 0 saturated carbocycles. The number of para-hydroxylation sites is 1. The molecule has 1 aliphatic rings. The van der Waals surface area contributed by atoms with E-state index >= 15 is 0 Å². The van der Waals surface area contributed by atoms with E-state index < -0.39 is 17.7 Å². The minimum atomic E-state index is -0.826. The second-order valence-corrected chi connectivity index (χ2v) is 6.72. The van der Waals surface area contributed by atoms with Crippen molar-refractivity contribution in [2.24, 2.45) is 0 Å². The van der Waals surface area contributed by atoms with Gasteiger partial charge < -0.3 is 10.1 Å². The Morgan fingerprint density at radius 3 is 2.60 bits per heavy atom. The number of carbonyl (C=O) groups is 2. The summed E-state index contributed by atoms with van der Waals surface area (Å²) in [5, 5.41) is 8.05. The van der Waals surface area contributed by atoms with Crippen LogP contribution < -0.4 is 10.6 Å². The van der Waals surface area contributed by atoms with Crippen molar-refractivity contribution in [2.45, 2.75) is 38.8 Å². The first kappa shape index (κ1) is 18.8. The van der Waals surface area contributed by atoms with Gasteiger partial charge in [0, 0.05) is 25.2 Å². The van der Waals surface area contributed by atoms with E-state index in [1.807, 2.05) is 24.3 Å². The molecule has 0 fully saturated rings. The summed E-state index contributed by atoms with van der Waals surface area (Å²) in [4.78, 5) is 29.6. The number of nitrogens with zero attached hydrogens (tertiary/aromatic N) is 2. The van der Waals surface area contributed by atoms with Crippen LogP contribution >= 0.6 is 0 Å². The fraction of sp³-hybridized carbons (Fsp3) is 0.444. The largest absolute Gasteiger partial charge is 0.444 e. The lowest BCUT2D eigenvalue weighted by molar-refractivity contribution is -0.170. The lowest BCUT2D eigenvalue weighted by Crippen LogP contribution is -2.48. The highest BCUT2D eigenvalue weighted by atomic mass is 16.7. The molecule has 0 aliphatic carbocycles. The highest BCUT2D eigenvalue weighted by molar-refractivity contribution is 5.89. The molecule has 25 heavy (non-hydrogen) atoms. The molecule has 7 nitrogen and oxygen atoms in total. The summed E-state index contributed by atoms with van der Waals surface area (Å²) >= 11 is 0. The summed E-state index contributed by atoms with van der Waals surface area (Å²) in [6.07, 6.45) is 1.35. The SMILES string of the molecule is CON(C)C(=O)C(CC1=C[N]c2ccccc21)NC(=O)OC(C)(C)C. The highest BCUT2D eigenvalue weighted by Gasteiger charge is 2.29. The van der Waals surface area contributed by atoms with E-state index in [2.05, 4.69) is 10.6 Å². The third kappa shape index (κ3) is 4.96. The molecule has 1 aromatic carbocycles. The Morgan fingerprint density at radius 2 is 1.96 bits per heavy atom. The van der Waals surface area contributed by atoms with E-state index in [4.69, 9.17) is 9.57 Å². The molecule has 135 valence electrons. The van der Waals surface area contributed by atoms with E-state index in [-0.39, 0.29) is 12.3 Å². The second kappa shape index (κ2) is 7.57. The molecular formula is C18H24N3O4. The zero-order valence-electron chi connectivity index (χ0n) is 15.2. The number of hydrogen-bond acceptors (Lipinski definition) is 4. The Bertz CT molecular complexity index is 679. The van der Waals surface area contributed by atoms with Crippen LogP contribution in [0.1, 0.15) is 32.8 Å². The average Bonchev–Trinajstić information content (AvgIpc) is 2.94. The van der Waals surface area contributed by atoms with Gasteiger partial charge in [0.25, 0.3) is 5.91 Å². The van der Waals surface area contributed by atoms with Crippen molar-refractivity contribution in [1.82, 2.24) is 15.7 Å². The zero-order chi connectivity index (χ0) is 18.6. The fourth-order valence-electron chi connectivity index (χ4n) is 2.42. The second-order valence-electron chi connectivity index (χ2n) is 6.72. The van der Waals surface area contributed by atoms with Crippen molar-refractivity contribution in [3.05, 3.63) is 36.0 Å². The van der Waals surface area contributed by atoms with Gasteiger partial charge in [0.05, 0.1) is 12.8 Å². The lowest BCUT2D eigenvalue weighted by atomic mass is 9.99. The van der Waals surface area contributed by atoms with Crippen LogP contribution in [0.5, 0.6) is 0 Å². The first-order chi connectivity index (χ1) is 11.7. The predicted octanol–water partition coefficient (Wildman–Crippen LogP) is 2.58. The van der Waals surface area contributed by atoms with Crippen molar-refractivity contribution in [2.75, 3.05) is 14.2 Å². The Kier molecular flexibility index (Phi) is 5.69. The maximum Gasteiger partial charge on any atom is 0.408 e. The monoisotopic (exact) mass is 346 g/mol. The zero-order valence-corrected chi connectivity index (χ0v) is 15.2. The van der Waals surface area contributed by atoms with Gasteiger partial charge in [-0.25, -0.2) is 9.86 Å². The number of amides is 2. The lowest BCUT2D eigenvalue weighted by Gasteiger charge is -2.25. The highest BCUT2D eigenvalue weighted by Crippen LogP contribution is 2.32. The topological polar surface area (TPSA) is 82.0 Å². The smallest absolute Gasteiger partial charge is 0.408 e. The van der Waals surface area contributed by atoms with E-state index in [9.17, 15) is 9.59 Å². The number of likely N-dealkylation sites (N-methyl/N-ethyl adjacent to an activating group) is 1. The first-order valence-electron chi connectivity index (χ1n) is 8.02. The Labute approximate surface area is 147 Å². The molecule has 0 aromatic heterocycles. The molecule has 0 spiro atoms. The molecular weight excluding hydrogens is 322 g/mol. The van der Waals surface area contributed by atoms with Crippen LogP contribution in [0.3, 0.4) is 0 Å². The van der Waals surface area contributed by atoms with Gasteiger partial charge in [-0.05, 0) is 32.4 Å². The van der Waals surface area contributed by atoms with Gasteiger partial charge in [-0.2, -0.15) is 0 Å². The van der Waals surface area contributed by atoms with E-state index in [1.165, 1.54) is 14.2 Å². The summed E-state index contributed by atoms with van der Waals surface area (Å²) in [6, 6.07) is 6.82. The van der Waals surface area contributed by atoms with Crippen molar-refractivity contribution in [3.63, 3.8) is 0 Å². The summed E-state index contributed by atoms with van der Waals surface area (Å²) in [6.45, 7) is 5.29. The van der Waals surface area contributed by atoms with E-state index in [1.54, 1.807) is 27.0 Å². The van der Waals surface area contributed by atoms with E-state index in [0.717, 1.165) is 21.9 Å². The maximum absolute atomic E-state index is 12.5. The first-order valence-corrected chi connectivity index (χ1v) is 8.02. The minimum absolute atomic E-state index is 0.284. The van der Waals surface area contributed by atoms with Gasteiger partial charge in [-0.1, -0.05) is 18.2 Å². The van der Waals surface area contributed by atoms with Gasteiger partial charge in [-0.3, -0.25) is 14.9 Å². The number of nitrogens with one attached hydrogen (secondary N) is 1. The molecule has 0 bridgehead atoms. The Balaban J connectivity index is 2.15. The number of hydrogen-bond donors (Lipinski definition) is 1. The average molecular weight is 346 g/mol. The Hall–Kier alpha value is -2.54. The fourth-order valence-corrected chi connectivity index (χ4v) is 2.42. The summed E-state index contributed by atoms with van der Waals surface area (Å²) in [5.41, 5.74) is 2.02. The number of alkyl carbamates (subject to hydrolysis) is 1.